The molecule has 2 amide bonds. The molecule has 0 spiro atoms. The molecule has 3 saturated heterocycles. The molecule has 1 aromatic heterocycles. The summed E-state index contributed by atoms with van der Waals surface area (Å²) < 4.78 is 43.8. The number of aromatic nitrogens is 1. The van der Waals surface area contributed by atoms with Crippen LogP contribution in [-0.2, 0) is 4.74 Å². The number of carbonyl (C=O) groups excluding carboxylic acids is 1. The Morgan fingerprint density at radius 3 is 2.47 bits per heavy atom. The minimum Gasteiger partial charge on any atom is -0.391 e. The lowest BCUT2D eigenvalue weighted by Gasteiger charge is -2.29. The summed E-state index contributed by atoms with van der Waals surface area (Å²) in [5.41, 5.74) is 3.47. The molecule has 0 radical (unpaired) electrons. The summed E-state index contributed by atoms with van der Waals surface area (Å²) in [6, 6.07) is 9.30. The zero-order valence-corrected chi connectivity index (χ0v) is 21.5. The first-order valence-corrected chi connectivity index (χ1v) is 13.2. The standard InChI is InChI=1S/C27H34F3N5O3/c1-18-2-3-21(31-26(37)35-6-4-19(16-35)15-27(28,29)30)14-23(18)20-12-24(33-8-10-38-11-9-33)32-25(13-20)34-7-5-22(36)17-34/h2-3,12-14,19,22,36H,4-11,15-17H2,1H3,(H,31,37). The van der Waals surface area contributed by atoms with Crippen molar-refractivity contribution in [2.75, 3.05) is 67.6 Å². The molecule has 2 aromatic rings. The molecule has 2 atom stereocenters. The van der Waals surface area contributed by atoms with Crippen LogP contribution < -0.4 is 15.1 Å². The first kappa shape index (κ1) is 26.6. The Labute approximate surface area is 220 Å². The molecule has 3 aliphatic heterocycles. The van der Waals surface area contributed by atoms with E-state index in [4.69, 9.17) is 9.72 Å². The number of likely N-dealkylation sites (tertiary alicyclic amines) is 1. The number of β-amino-alcohol motifs (C(OH)–C–C–N with tert-alkyl or cyclic N) is 1. The molecular weight excluding hydrogens is 499 g/mol. The Bertz CT molecular complexity index is 1130. The maximum Gasteiger partial charge on any atom is 0.389 e. The normalized spacial score (nSPS) is 22.3. The largest absolute Gasteiger partial charge is 0.391 e. The second kappa shape index (κ2) is 11.0. The lowest BCUT2D eigenvalue weighted by atomic mass is 10.00. The maximum atomic E-state index is 12.9. The van der Waals surface area contributed by atoms with Crippen LogP contribution in [0.15, 0.2) is 30.3 Å². The summed E-state index contributed by atoms with van der Waals surface area (Å²) in [7, 11) is 0. The number of benzene rings is 1. The molecule has 3 fully saturated rings. The number of ether oxygens (including phenoxy) is 1. The number of urea groups is 1. The van der Waals surface area contributed by atoms with Crippen LogP contribution in [-0.4, -0.2) is 85.8 Å². The number of aliphatic hydroxyl groups excluding tert-OH is 1. The summed E-state index contributed by atoms with van der Waals surface area (Å²) in [6.45, 7) is 6.38. The van der Waals surface area contributed by atoms with Crippen LogP contribution in [0.1, 0.15) is 24.8 Å². The zero-order valence-electron chi connectivity index (χ0n) is 21.5. The van der Waals surface area contributed by atoms with Crippen molar-refractivity contribution < 1.29 is 27.8 Å². The van der Waals surface area contributed by atoms with Crippen molar-refractivity contribution in [1.82, 2.24) is 9.88 Å². The second-order valence-electron chi connectivity index (χ2n) is 10.4. The molecule has 2 unspecified atom stereocenters. The van der Waals surface area contributed by atoms with Gasteiger partial charge in [0.25, 0.3) is 0 Å². The van der Waals surface area contributed by atoms with E-state index in [-0.39, 0.29) is 18.7 Å². The maximum absolute atomic E-state index is 12.9. The van der Waals surface area contributed by atoms with E-state index in [2.05, 4.69) is 15.1 Å². The van der Waals surface area contributed by atoms with Gasteiger partial charge in [-0.3, -0.25) is 0 Å². The molecule has 0 aliphatic carbocycles. The minimum absolute atomic E-state index is 0.0996. The van der Waals surface area contributed by atoms with Gasteiger partial charge < -0.3 is 29.9 Å². The number of alkyl halides is 3. The monoisotopic (exact) mass is 533 g/mol. The number of hydrogen-bond donors (Lipinski definition) is 2. The first-order valence-electron chi connectivity index (χ1n) is 13.2. The first-order chi connectivity index (χ1) is 18.1. The number of aryl methyl sites for hydroxylation is 1. The minimum atomic E-state index is -4.22. The average Bonchev–Trinajstić information content (AvgIpc) is 3.53. The fraction of sp³-hybridized carbons (Fsp3) is 0.556. The molecular formula is C27H34F3N5O3. The highest BCUT2D eigenvalue weighted by Crippen LogP contribution is 2.34. The predicted octanol–water partition coefficient (Wildman–Crippen LogP) is 4.27. The Balaban J connectivity index is 1.38. The van der Waals surface area contributed by atoms with Crippen molar-refractivity contribution in [3.63, 3.8) is 0 Å². The van der Waals surface area contributed by atoms with Gasteiger partial charge in [0, 0.05) is 51.4 Å². The average molecular weight is 534 g/mol. The molecule has 4 heterocycles. The lowest BCUT2D eigenvalue weighted by Crippen LogP contribution is -2.37. The number of nitrogens with zero attached hydrogens (tertiary/aromatic N) is 4. The number of halogens is 3. The van der Waals surface area contributed by atoms with Crippen molar-refractivity contribution in [2.24, 2.45) is 5.92 Å². The third-order valence-corrected chi connectivity index (χ3v) is 7.51. The number of morpholine rings is 1. The molecule has 38 heavy (non-hydrogen) atoms. The smallest absolute Gasteiger partial charge is 0.389 e. The van der Waals surface area contributed by atoms with Gasteiger partial charge in [0.05, 0.1) is 19.3 Å². The fourth-order valence-electron chi connectivity index (χ4n) is 5.45. The molecule has 8 nitrogen and oxygen atoms in total. The van der Waals surface area contributed by atoms with Gasteiger partial charge in [-0.1, -0.05) is 6.07 Å². The van der Waals surface area contributed by atoms with Gasteiger partial charge in [0.1, 0.15) is 11.6 Å². The Morgan fingerprint density at radius 1 is 1.05 bits per heavy atom. The number of amides is 2. The van der Waals surface area contributed by atoms with Gasteiger partial charge in [-0.2, -0.15) is 13.2 Å². The third kappa shape index (κ3) is 6.32. The van der Waals surface area contributed by atoms with Crippen molar-refractivity contribution in [2.45, 2.75) is 38.5 Å². The van der Waals surface area contributed by atoms with Gasteiger partial charge >= 0.3 is 12.2 Å². The molecule has 3 aliphatic rings. The Kier molecular flexibility index (Phi) is 7.67. The lowest BCUT2D eigenvalue weighted by molar-refractivity contribution is -0.143. The van der Waals surface area contributed by atoms with Crippen LogP contribution in [0.5, 0.6) is 0 Å². The number of pyridine rings is 1. The van der Waals surface area contributed by atoms with Crippen LogP contribution in [0.25, 0.3) is 11.1 Å². The van der Waals surface area contributed by atoms with Crippen LogP contribution in [0.4, 0.5) is 35.3 Å². The quantitative estimate of drug-likeness (QED) is 0.598. The molecule has 11 heteroatoms. The zero-order chi connectivity index (χ0) is 26.9. The summed E-state index contributed by atoms with van der Waals surface area (Å²) in [5, 5.41) is 13.0. The molecule has 1 aromatic carbocycles. The highest BCUT2D eigenvalue weighted by atomic mass is 19.4. The van der Waals surface area contributed by atoms with Gasteiger partial charge in [0.2, 0.25) is 0 Å². The van der Waals surface area contributed by atoms with Gasteiger partial charge in [-0.25, -0.2) is 9.78 Å². The summed E-state index contributed by atoms with van der Waals surface area (Å²) >= 11 is 0. The van der Waals surface area contributed by atoms with E-state index >= 15 is 0 Å². The number of carbonyl (C=O) groups is 1. The van der Waals surface area contributed by atoms with E-state index in [1.54, 1.807) is 0 Å². The summed E-state index contributed by atoms with van der Waals surface area (Å²) in [5.74, 6) is 1.07. The van der Waals surface area contributed by atoms with Crippen molar-refractivity contribution in [3.8, 4) is 11.1 Å². The van der Waals surface area contributed by atoms with E-state index in [1.165, 1.54) is 4.90 Å². The van der Waals surface area contributed by atoms with Crippen LogP contribution in [0.2, 0.25) is 0 Å². The SMILES string of the molecule is Cc1ccc(NC(=O)N2CCC(CC(F)(F)F)C2)cc1-c1cc(N2CCOCC2)nc(N2CCC(O)C2)c1. The highest BCUT2D eigenvalue weighted by molar-refractivity contribution is 5.91. The van der Waals surface area contributed by atoms with Crippen LogP contribution >= 0.6 is 0 Å². The van der Waals surface area contributed by atoms with Gasteiger partial charge in [0.15, 0.2) is 0 Å². The van der Waals surface area contributed by atoms with Crippen molar-refractivity contribution >= 4 is 23.4 Å². The van der Waals surface area contributed by atoms with E-state index in [0.29, 0.717) is 44.8 Å². The molecule has 5 rings (SSSR count). The molecule has 0 bridgehead atoms. The van der Waals surface area contributed by atoms with Crippen LogP contribution in [0, 0.1) is 12.8 Å². The highest BCUT2D eigenvalue weighted by Gasteiger charge is 2.36. The van der Waals surface area contributed by atoms with Crippen LogP contribution in [0.3, 0.4) is 0 Å². The topological polar surface area (TPSA) is 81.2 Å². The predicted molar refractivity (Wildman–Crippen MR) is 140 cm³/mol. The third-order valence-electron chi connectivity index (χ3n) is 7.51. The second-order valence-corrected chi connectivity index (χ2v) is 10.4. The van der Waals surface area contributed by atoms with Crippen molar-refractivity contribution in [1.29, 1.82) is 0 Å². The molecule has 0 saturated carbocycles. The number of anilines is 3. The number of nitrogens with one attached hydrogen (secondary N) is 1. The number of rotatable bonds is 5. The summed E-state index contributed by atoms with van der Waals surface area (Å²) in [6.07, 6.45) is -4.43. The fourth-order valence-corrected chi connectivity index (χ4v) is 5.45. The van der Waals surface area contributed by atoms with Crippen molar-refractivity contribution in [3.05, 3.63) is 35.9 Å². The van der Waals surface area contributed by atoms with E-state index in [1.807, 2.05) is 37.3 Å². The van der Waals surface area contributed by atoms with E-state index in [9.17, 15) is 23.1 Å². The summed E-state index contributed by atoms with van der Waals surface area (Å²) in [4.78, 5) is 23.5. The molecule has 2 N–H and O–H groups in total. The number of hydrogen-bond acceptors (Lipinski definition) is 6. The van der Waals surface area contributed by atoms with E-state index < -0.39 is 18.5 Å². The van der Waals surface area contributed by atoms with E-state index in [0.717, 1.165) is 48.0 Å². The number of aliphatic hydroxyl groups is 1. The Morgan fingerprint density at radius 2 is 1.79 bits per heavy atom. The van der Waals surface area contributed by atoms with Gasteiger partial charge in [-0.05, 0) is 66.6 Å². The van der Waals surface area contributed by atoms with Gasteiger partial charge in [-0.15, -0.1) is 0 Å². The molecule has 206 valence electrons. The Hall–Kier alpha value is -3.05.